The molecule has 1 aromatic rings. The van der Waals surface area contributed by atoms with Crippen molar-refractivity contribution in [2.45, 2.75) is 36.1 Å². The van der Waals surface area contributed by atoms with E-state index in [1.54, 1.807) is 11.8 Å². The van der Waals surface area contributed by atoms with E-state index in [4.69, 9.17) is 5.73 Å². The second-order valence-electron chi connectivity index (χ2n) is 4.91. The van der Waals surface area contributed by atoms with Gasteiger partial charge in [-0.2, -0.15) is 0 Å². The average molecular weight is 276 g/mol. The van der Waals surface area contributed by atoms with E-state index in [2.05, 4.69) is 11.9 Å². The minimum Gasteiger partial charge on any atom is -0.323 e. The lowest BCUT2D eigenvalue weighted by Gasteiger charge is -2.23. The van der Waals surface area contributed by atoms with Crippen LogP contribution in [-0.2, 0) is 4.79 Å². The Balaban J connectivity index is 2.09. The van der Waals surface area contributed by atoms with Crippen LogP contribution in [0, 0.1) is 0 Å². The van der Waals surface area contributed by atoms with E-state index in [9.17, 15) is 4.79 Å². The third-order valence-electron chi connectivity index (χ3n) is 3.44. The minimum atomic E-state index is -0.684. The highest BCUT2D eigenvalue weighted by molar-refractivity contribution is 7.99. The van der Waals surface area contributed by atoms with Crippen LogP contribution in [-0.4, -0.2) is 17.2 Å². The predicted octanol–water partition coefficient (Wildman–Crippen LogP) is 3.17. The van der Waals surface area contributed by atoms with Crippen LogP contribution < -0.4 is 11.1 Å². The molecule has 1 amide bonds. The number of thioether (sulfide) groups is 1. The van der Waals surface area contributed by atoms with Gasteiger partial charge in [0.2, 0.25) is 5.91 Å². The molecule has 0 bridgehead atoms. The Labute approximate surface area is 118 Å². The van der Waals surface area contributed by atoms with E-state index in [-0.39, 0.29) is 5.91 Å². The zero-order chi connectivity index (χ0) is 13.7. The molecule has 102 valence electrons. The van der Waals surface area contributed by atoms with Crippen molar-refractivity contribution in [1.29, 1.82) is 0 Å². The Hall–Kier alpha value is -1.26. The summed E-state index contributed by atoms with van der Waals surface area (Å²) >= 11 is 1.66. The molecule has 0 heterocycles. The Morgan fingerprint density at radius 1 is 1.42 bits per heavy atom. The van der Waals surface area contributed by atoms with Crippen molar-refractivity contribution in [3.63, 3.8) is 0 Å². The predicted molar refractivity (Wildman–Crippen MR) is 81.4 cm³/mol. The Morgan fingerprint density at radius 3 is 2.79 bits per heavy atom. The van der Waals surface area contributed by atoms with Gasteiger partial charge in [-0.3, -0.25) is 4.79 Å². The summed E-state index contributed by atoms with van der Waals surface area (Å²) in [7, 11) is 0. The van der Waals surface area contributed by atoms with Crippen molar-refractivity contribution in [1.82, 2.24) is 0 Å². The smallest absolute Gasteiger partial charge is 0.244 e. The highest BCUT2D eigenvalue weighted by Gasteiger charge is 2.37. The number of amides is 1. The summed E-state index contributed by atoms with van der Waals surface area (Å²) in [4.78, 5) is 13.4. The first-order valence-corrected chi connectivity index (χ1v) is 7.57. The number of carbonyl (C=O) groups excluding carboxylic acids is 1. The van der Waals surface area contributed by atoms with E-state index in [1.807, 2.05) is 30.3 Å². The van der Waals surface area contributed by atoms with Gasteiger partial charge in [-0.25, -0.2) is 0 Å². The first-order valence-electron chi connectivity index (χ1n) is 6.59. The van der Waals surface area contributed by atoms with Crippen LogP contribution in [0.5, 0.6) is 0 Å². The van der Waals surface area contributed by atoms with Gasteiger partial charge in [0.25, 0.3) is 0 Å². The number of nitrogens with one attached hydrogen (secondary N) is 1. The molecule has 19 heavy (non-hydrogen) atoms. The van der Waals surface area contributed by atoms with Gasteiger partial charge in [-0.05, 0) is 25.0 Å². The van der Waals surface area contributed by atoms with Gasteiger partial charge < -0.3 is 11.1 Å². The van der Waals surface area contributed by atoms with Crippen molar-refractivity contribution >= 4 is 23.4 Å². The number of rotatable bonds is 5. The number of hydrogen-bond acceptors (Lipinski definition) is 3. The lowest BCUT2D eigenvalue weighted by atomic mass is 9.98. The number of carbonyl (C=O) groups is 1. The molecule has 1 fully saturated rings. The fourth-order valence-corrected chi connectivity index (χ4v) is 3.07. The summed E-state index contributed by atoms with van der Waals surface area (Å²) in [5.74, 6) is 0.761. The molecule has 0 unspecified atom stereocenters. The SMILES string of the molecule is C=CCSc1ccccc1NC(=O)C1(N)CCCC1. The second-order valence-corrected chi connectivity index (χ2v) is 5.98. The molecule has 0 saturated heterocycles. The molecule has 1 saturated carbocycles. The maximum atomic E-state index is 12.3. The third-order valence-corrected chi connectivity index (χ3v) is 4.51. The Bertz CT molecular complexity index is 467. The largest absolute Gasteiger partial charge is 0.323 e. The fraction of sp³-hybridized carbons (Fsp3) is 0.400. The fourth-order valence-electron chi connectivity index (χ4n) is 2.32. The van der Waals surface area contributed by atoms with Crippen LogP contribution in [0.4, 0.5) is 5.69 Å². The number of benzene rings is 1. The first-order chi connectivity index (χ1) is 9.15. The topological polar surface area (TPSA) is 55.1 Å². The van der Waals surface area contributed by atoms with Crippen molar-refractivity contribution in [3.05, 3.63) is 36.9 Å². The molecule has 1 aliphatic rings. The summed E-state index contributed by atoms with van der Waals surface area (Å²) in [5, 5.41) is 2.98. The molecular formula is C15H20N2OS. The molecule has 0 aromatic heterocycles. The number of nitrogens with two attached hydrogens (primary N) is 1. The molecule has 0 aliphatic heterocycles. The highest BCUT2D eigenvalue weighted by atomic mass is 32.2. The van der Waals surface area contributed by atoms with Crippen LogP contribution in [0.25, 0.3) is 0 Å². The Morgan fingerprint density at radius 2 is 2.11 bits per heavy atom. The standard InChI is InChI=1S/C15H20N2OS/c1-2-11-19-13-8-4-3-7-12(13)17-14(18)15(16)9-5-6-10-15/h2-4,7-8H,1,5-6,9-11,16H2,(H,17,18). The normalized spacial score (nSPS) is 17.1. The maximum absolute atomic E-state index is 12.3. The van der Waals surface area contributed by atoms with E-state index < -0.39 is 5.54 Å². The lowest BCUT2D eigenvalue weighted by Crippen LogP contribution is -2.48. The average Bonchev–Trinajstić information content (AvgIpc) is 2.86. The molecule has 1 aromatic carbocycles. The first kappa shape index (κ1) is 14.2. The molecule has 0 atom stereocenters. The van der Waals surface area contributed by atoms with Crippen molar-refractivity contribution in [3.8, 4) is 0 Å². The Kier molecular flexibility index (Phi) is 4.66. The molecular weight excluding hydrogens is 256 g/mol. The summed E-state index contributed by atoms with van der Waals surface area (Å²) in [5.41, 5.74) is 6.32. The molecule has 1 aliphatic carbocycles. The van der Waals surface area contributed by atoms with Crippen LogP contribution in [0.3, 0.4) is 0 Å². The van der Waals surface area contributed by atoms with Crippen LogP contribution >= 0.6 is 11.8 Å². The van der Waals surface area contributed by atoms with E-state index in [0.717, 1.165) is 42.0 Å². The van der Waals surface area contributed by atoms with Gasteiger partial charge in [0, 0.05) is 10.6 Å². The number of para-hydroxylation sites is 1. The van der Waals surface area contributed by atoms with Crippen LogP contribution in [0.2, 0.25) is 0 Å². The molecule has 3 nitrogen and oxygen atoms in total. The summed E-state index contributed by atoms with van der Waals surface area (Å²) in [6.45, 7) is 3.71. The summed E-state index contributed by atoms with van der Waals surface area (Å²) < 4.78 is 0. The number of anilines is 1. The molecule has 2 rings (SSSR count). The monoisotopic (exact) mass is 276 g/mol. The van der Waals surface area contributed by atoms with E-state index in [0.29, 0.717) is 0 Å². The summed E-state index contributed by atoms with van der Waals surface area (Å²) in [6, 6.07) is 7.81. The van der Waals surface area contributed by atoms with Gasteiger partial charge in [0.15, 0.2) is 0 Å². The van der Waals surface area contributed by atoms with Crippen molar-refractivity contribution < 1.29 is 4.79 Å². The molecule has 4 heteroatoms. The quantitative estimate of drug-likeness (QED) is 0.641. The van der Waals surface area contributed by atoms with E-state index in [1.165, 1.54) is 0 Å². The van der Waals surface area contributed by atoms with Gasteiger partial charge in [-0.1, -0.05) is 31.1 Å². The maximum Gasteiger partial charge on any atom is 0.244 e. The zero-order valence-corrected chi connectivity index (χ0v) is 11.8. The van der Waals surface area contributed by atoms with Crippen LogP contribution in [0.15, 0.2) is 41.8 Å². The van der Waals surface area contributed by atoms with Crippen molar-refractivity contribution in [2.75, 3.05) is 11.1 Å². The number of hydrogen-bond donors (Lipinski definition) is 2. The van der Waals surface area contributed by atoms with Gasteiger partial charge in [0.05, 0.1) is 11.2 Å². The lowest BCUT2D eigenvalue weighted by molar-refractivity contribution is -0.121. The second kappa shape index (κ2) is 6.26. The molecule has 0 spiro atoms. The van der Waals surface area contributed by atoms with E-state index >= 15 is 0 Å². The van der Waals surface area contributed by atoms with Crippen molar-refractivity contribution in [2.24, 2.45) is 5.73 Å². The van der Waals surface area contributed by atoms with Gasteiger partial charge in [0.1, 0.15) is 0 Å². The van der Waals surface area contributed by atoms with Gasteiger partial charge >= 0.3 is 0 Å². The van der Waals surface area contributed by atoms with Crippen LogP contribution in [0.1, 0.15) is 25.7 Å². The minimum absolute atomic E-state index is 0.0587. The summed E-state index contributed by atoms with van der Waals surface area (Å²) in [6.07, 6.45) is 5.49. The zero-order valence-electron chi connectivity index (χ0n) is 11.0. The highest BCUT2D eigenvalue weighted by Crippen LogP contribution is 2.31. The molecule has 0 radical (unpaired) electrons. The molecule has 3 N–H and O–H groups in total. The third kappa shape index (κ3) is 3.39. The van der Waals surface area contributed by atoms with Gasteiger partial charge in [-0.15, -0.1) is 18.3 Å².